The first-order valence-electron chi connectivity index (χ1n) is 3.46. The summed E-state index contributed by atoms with van der Waals surface area (Å²) in [6.07, 6.45) is -1.78. The summed E-state index contributed by atoms with van der Waals surface area (Å²) in [5, 5.41) is 27.0. The van der Waals surface area contributed by atoms with Crippen LogP contribution in [-0.2, 0) is 0 Å². The second-order valence-corrected chi connectivity index (χ2v) is 5.15. The second-order valence-electron chi connectivity index (χ2n) is 2.35. The Morgan fingerprint density at radius 2 is 1.82 bits per heavy atom. The van der Waals surface area contributed by atoms with Crippen molar-refractivity contribution in [2.45, 2.75) is 16.8 Å². The fourth-order valence-electron chi connectivity index (χ4n) is 0.863. The summed E-state index contributed by atoms with van der Waals surface area (Å²) in [6, 6.07) is 0. The average Bonchev–Trinajstić information content (AvgIpc) is 2.53. The third kappa shape index (κ3) is 2.52. The highest BCUT2D eigenvalue weighted by Gasteiger charge is 2.29. The van der Waals surface area contributed by atoms with Gasteiger partial charge in [-0.2, -0.15) is 0 Å². The minimum absolute atomic E-state index is 0.0390. The Hall–Kier alpha value is 0.580. The Morgan fingerprint density at radius 1 is 1.27 bits per heavy atom. The maximum Gasteiger partial charge on any atom is 0.105 e. The van der Waals surface area contributed by atoms with Gasteiger partial charge in [0, 0.05) is 11.5 Å². The van der Waals surface area contributed by atoms with Gasteiger partial charge in [0.25, 0.3) is 0 Å². The first kappa shape index (κ1) is 9.67. The third-order valence-corrected chi connectivity index (χ3v) is 4.68. The van der Waals surface area contributed by atoms with Gasteiger partial charge in [-0.05, 0) is 0 Å². The smallest absolute Gasteiger partial charge is 0.105 e. The molecule has 0 unspecified atom stereocenters. The molecular formula is C6H12O3S2. The Morgan fingerprint density at radius 3 is 2.27 bits per heavy atom. The molecule has 0 spiro atoms. The van der Waals surface area contributed by atoms with Gasteiger partial charge >= 0.3 is 0 Å². The number of rotatable bonds is 3. The van der Waals surface area contributed by atoms with Gasteiger partial charge in [0.15, 0.2) is 0 Å². The summed E-state index contributed by atoms with van der Waals surface area (Å²) < 4.78 is 0.0390. The largest absolute Gasteiger partial charge is 0.394 e. The zero-order chi connectivity index (χ0) is 8.27. The molecule has 2 atom stereocenters. The van der Waals surface area contributed by atoms with Crippen molar-refractivity contribution in [1.82, 2.24) is 0 Å². The molecule has 1 heterocycles. The maximum atomic E-state index is 9.37. The van der Waals surface area contributed by atoms with E-state index in [-0.39, 0.29) is 11.2 Å². The number of aliphatic hydroxyl groups is 3. The van der Waals surface area contributed by atoms with Crippen LogP contribution < -0.4 is 0 Å². The van der Waals surface area contributed by atoms with E-state index >= 15 is 0 Å². The van der Waals surface area contributed by atoms with Crippen molar-refractivity contribution in [2.24, 2.45) is 0 Å². The van der Waals surface area contributed by atoms with E-state index in [4.69, 9.17) is 10.2 Å². The molecular weight excluding hydrogens is 184 g/mol. The molecule has 1 fully saturated rings. The van der Waals surface area contributed by atoms with Crippen molar-refractivity contribution in [2.75, 3.05) is 18.1 Å². The van der Waals surface area contributed by atoms with E-state index < -0.39 is 12.2 Å². The Kier molecular flexibility index (Phi) is 4.01. The van der Waals surface area contributed by atoms with Crippen LogP contribution in [0.4, 0.5) is 0 Å². The Labute approximate surface area is 74.2 Å². The van der Waals surface area contributed by atoms with Gasteiger partial charge in [0.2, 0.25) is 0 Å². The highest BCUT2D eigenvalue weighted by Crippen LogP contribution is 2.35. The monoisotopic (exact) mass is 196 g/mol. The minimum atomic E-state index is -0.988. The number of aliphatic hydroxyl groups excluding tert-OH is 3. The maximum absolute atomic E-state index is 9.37. The predicted molar refractivity (Wildman–Crippen MR) is 47.8 cm³/mol. The second kappa shape index (κ2) is 4.57. The first-order valence-corrected chi connectivity index (χ1v) is 5.55. The molecule has 1 aliphatic heterocycles. The van der Waals surface area contributed by atoms with Crippen molar-refractivity contribution < 1.29 is 15.3 Å². The van der Waals surface area contributed by atoms with Crippen molar-refractivity contribution in [1.29, 1.82) is 0 Å². The predicted octanol–water partition coefficient (Wildman–Crippen LogP) is -0.493. The molecule has 11 heavy (non-hydrogen) atoms. The Balaban J connectivity index is 2.32. The fourth-order valence-corrected chi connectivity index (χ4v) is 3.82. The van der Waals surface area contributed by atoms with Crippen LogP contribution >= 0.6 is 23.5 Å². The average molecular weight is 196 g/mol. The van der Waals surface area contributed by atoms with Crippen molar-refractivity contribution >= 4 is 23.5 Å². The van der Waals surface area contributed by atoms with Gasteiger partial charge in [0.05, 0.1) is 11.2 Å². The molecule has 0 bridgehead atoms. The van der Waals surface area contributed by atoms with Gasteiger partial charge < -0.3 is 15.3 Å². The molecule has 1 saturated heterocycles. The molecule has 5 heteroatoms. The van der Waals surface area contributed by atoms with Crippen LogP contribution in [0.15, 0.2) is 0 Å². The molecule has 66 valence electrons. The first-order chi connectivity index (χ1) is 5.25. The molecule has 0 aliphatic carbocycles. The number of hydrogen-bond acceptors (Lipinski definition) is 5. The lowest BCUT2D eigenvalue weighted by Crippen LogP contribution is -2.35. The minimum Gasteiger partial charge on any atom is -0.394 e. The van der Waals surface area contributed by atoms with Crippen LogP contribution in [0.3, 0.4) is 0 Å². The van der Waals surface area contributed by atoms with Gasteiger partial charge in [-0.15, -0.1) is 23.5 Å². The van der Waals surface area contributed by atoms with Crippen molar-refractivity contribution in [3.63, 3.8) is 0 Å². The highest BCUT2D eigenvalue weighted by molar-refractivity contribution is 8.20. The topological polar surface area (TPSA) is 60.7 Å². The van der Waals surface area contributed by atoms with E-state index in [2.05, 4.69) is 0 Å². The van der Waals surface area contributed by atoms with Crippen LogP contribution in [-0.4, -0.2) is 50.2 Å². The Bertz CT molecular complexity index is 116. The van der Waals surface area contributed by atoms with Crippen LogP contribution in [0.2, 0.25) is 0 Å². The van der Waals surface area contributed by atoms with Gasteiger partial charge in [-0.3, -0.25) is 0 Å². The zero-order valence-corrected chi connectivity index (χ0v) is 7.64. The van der Waals surface area contributed by atoms with Gasteiger partial charge in [0.1, 0.15) is 12.2 Å². The summed E-state index contributed by atoms with van der Waals surface area (Å²) in [7, 11) is 0. The summed E-state index contributed by atoms with van der Waals surface area (Å²) >= 11 is 3.27. The van der Waals surface area contributed by atoms with Crippen LogP contribution in [0.1, 0.15) is 0 Å². The van der Waals surface area contributed by atoms with E-state index in [0.29, 0.717) is 0 Å². The van der Waals surface area contributed by atoms with E-state index in [1.807, 2.05) is 0 Å². The fraction of sp³-hybridized carbons (Fsp3) is 1.00. The zero-order valence-electron chi connectivity index (χ0n) is 6.01. The summed E-state index contributed by atoms with van der Waals surface area (Å²) in [6.45, 7) is -0.362. The van der Waals surface area contributed by atoms with E-state index in [1.165, 1.54) is 0 Å². The quantitative estimate of drug-likeness (QED) is 0.568. The van der Waals surface area contributed by atoms with Gasteiger partial charge in [-0.1, -0.05) is 0 Å². The molecule has 0 aromatic carbocycles. The summed E-state index contributed by atoms with van der Waals surface area (Å²) in [5.74, 6) is 2.04. The SMILES string of the molecule is OC[C@@H](O)[C@@H](O)C1SCCS1. The lowest BCUT2D eigenvalue weighted by molar-refractivity contribution is -0.00528. The molecule has 3 nitrogen and oxygen atoms in total. The van der Waals surface area contributed by atoms with Crippen LogP contribution in [0, 0.1) is 0 Å². The molecule has 1 rings (SSSR count). The van der Waals surface area contributed by atoms with E-state index in [0.717, 1.165) is 11.5 Å². The van der Waals surface area contributed by atoms with Gasteiger partial charge in [-0.25, -0.2) is 0 Å². The molecule has 0 radical (unpaired) electrons. The molecule has 1 aliphatic rings. The normalized spacial score (nSPS) is 25.4. The molecule has 0 aromatic rings. The highest BCUT2D eigenvalue weighted by atomic mass is 32.2. The molecule has 0 amide bonds. The third-order valence-electron chi connectivity index (χ3n) is 1.51. The molecule has 3 N–H and O–H groups in total. The molecule has 0 saturated carbocycles. The van der Waals surface area contributed by atoms with Crippen molar-refractivity contribution in [3.8, 4) is 0 Å². The number of hydrogen-bond donors (Lipinski definition) is 3. The standard InChI is InChI=1S/C6H12O3S2/c7-3-4(8)5(9)6-10-1-2-11-6/h4-9H,1-3H2/t4-,5-/m1/s1. The van der Waals surface area contributed by atoms with Crippen molar-refractivity contribution in [3.05, 3.63) is 0 Å². The summed E-state index contributed by atoms with van der Waals surface area (Å²) in [4.78, 5) is 0. The lowest BCUT2D eigenvalue weighted by Gasteiger charge is -2.20. The summed E-state index contributed by atoms with van der Waals surface area (Å²) in [5.41, 5.74) is 0. The van der Waals surface area contributed by atoms with E-state index in [9.17, 15) is 5.11 Å². The molecule has 0 aromatic heterocycles. The van der Waals surface area contributed by atoms with Crippen LogP contribution in [0.5, 0.6) is 0 Å². The number of thioether (sulfide) groups is 2. The van der Waals surface area contributed by atoms with E-state index in [1.54, 1.807) is 23.5 Å². The lowest BCUT2D eigenvalue weighted by atomic mass is 10.2. The van der Waals surface area contributed by atoms with Crippen LogP contribution in [0.25, 0.3) is 0 Å².